The summed E-state index contributed by atoms with van der Waals surface area (Å²) in [6.07, 6.45) is 1.97. The van der Waals surface area contributed by atoms with Gasteiger partial charge in [0.1, 0.15) is 5.82 Å². The third kappa shape index (κ3) is 4.80. The van der Waals surface area contributed by atoms with Crippen LogP contribution in [-0.4, -0.2) is 43.6 Å². The quantitative estimate of drug-likeness (QED) is 0.393. The van der Waals surface area contributed by atoms with Crippen molar-refractivity contribution in [3.05, 3.63) is 28.6 Å². The highest BCUT2D eigenvalue weighted by molar-refractivity contribution is 14.0. The molecule has 1 atom stereocenters. The second kappa shape index (κ2) is 9.03. The first-order valence-corrected chi connectivity index (χ1v) is 9.29. The Labute approximate surface area is 178 Å². The van der Waals surface area contributed by atoms with Crippen LogP contribution < -0.4 is 10.6 Å². The SMILES string of the molecule is CN=C(NCc1c(C)nn(C)c1C)NC1CCc2nc(C(C)C)nn2C1.I. The highest BCUT2D eigenvalue weighted by atomic mass is 127. The van der Waals surface area contributed by atoms with Crippen LogP contribution in [0.25, 0.3) is 0 Å². The standard InChI is InChI=1S/C18H30N8.HI/c1-11(2)17-22-16-8-7-14(10-26(16)24-17)21-18(19-5)20-9-15-12(3)23-25(6)13(15)4;/h11,14H,7-10H2,1-6H3,(H2,19,20,21);1H. The van der Waals surface area contributed by atoms with Crippen molar-refractivity contribution in [1.29, 1.82) is 0 Å². The summed E-state index contributed by atoms with van der Waals surface area (Å²) < 4.78 is 3.96. The van der Waals surface area contributed by atoms with E-state index in [9.17, 15) is 0 Å². The molecule has 27 heavy (non-hydrogen) atoms. The number of guanidine groups is 1. The smallest absolute Gasteiger partial charge is 0.191 e. The third-order valence-electron chi connectivity index (χ3n) is 5.05. The first-order chi connectivity index (χ1) is 12.4. The van der Waals surface area contributed by atoms with Gasteiger partial charge in [0.05, 0.1) is 12.2 Å². The van der Waals surface area contributed by atoms with Gasteiger partial charge in [-0.3, -0.25) is 9.67 Å². The van der Waals surface area contributed by atoms with Crippen LogP contribution in [0.3, 0.4) is 0 Å². The molecular formula is C18H31IN8. The van der Waals surface area contributed by atoms with E-state index in [1.165, 1.54) is 11.3 Å². The Morgan fingerprint density at radius 1 is 1.30 bits per heavy atom. The largest absolute Gasteiger partial charge is 0.352 e. The second-order valence-electron chi connectivity index (χ2n) is 7.30. The molecule has 1 aliphatic rings. The maximum Gasteiger partial charge on any atom is 0.191 e. The van der Waals surface area contributed by atoms with Crippen LogP contribution in [0.1, 0.15) is 54.8 Å². The number of aliphatic imine (C=N–C) groups is 1. The van der Waals surface area contributed by atoms with Crippen molar-refractivity contribution in [2.45, 2.75) is 65.6 Å². The number of rotatable bonds is 4. The fourth-order valence-electron chi connectivity index (χ4n) is 3.32. The molecule has 0 aromatic carbocycles. The van der Waals surface area contributed by atoms with E-state index in [1.54, 1.807) is 7.05 Å². The molecule has 0 radical (unpaired) electrons. The number of hydrogen-bond acceptors (Lipinski definition) is 4. The fraction of sp³-hybridized carbons (Fsp3) is 0.667. The minimum absolute atomic E-state index is 0. The van der Waals surface area contributed by atoms with Gasteiger partial charge in [-0.1, -0.05) is 13.8 Å². The first-order valence-electron chi connectivity index (χ1n) is 9.29. The van der Waals surface area contributed by atoms with Crippen LogP contribution in [0.15, 0.2) is 4.99 Å². The lowest BCUT2D eigenvalue weighted by Gasteiger charge is -2.25. The van der Waals surface area contributed by atoms with E-state index < -0.39 is 0 Å². The van der Waals surface area contributed by atoms with E-state index in [2.05, 4.69) is 51.6 Å². The average molecular weight is 486 g/mol. The van der Waals surface area contributed by atoms with Crippen molar-refractivity contribution < 1.29 is 0 Å². The van der Waals surface area contributed by atoms with Crippen LogP contribution >= 0.6 is 24.0 Å². The Kier molecular flexibility index (Phi) is 7.24. The van der Waals surface area contributed by atoms with Gasteiger partial charge in [0.2, 0.25) is 0 Å². The van der Waals surface area contributed by atoms with Gasteiger partial charge in [0, 0.05) is 50.3 Å². The minimum Gasteiger partial charge on any atom is -0.352 e. The summed E-state index contributed by atoms with van der Waals surface area (Å²) in [5, 5.41) is 16.1. The van der Waals surface area contributed by atoms with Crippen molar-refractivity contribution in [3.63, 3.8) is 0 Å². The maximum atomic E-state index is 4.65. The molecule has 0 amide bonds. The number of fused-ring (bicyclic) bond motifs is 1. The molecule has 3 rings (SSSR count). The lowest BCUT2D eigenvalue weighted by molar-refractivity contribution is 0.391. The van der Waals surface area contributed by atoms with Crippen molar-refractivity contribution >= 4 is 29.9 Å². The molecule has 2 aromatic heterocycles. The summed E-state index contributed by atoms with van der Waals surface area (Å²) in [5.41, 5.74) is 3.45. The molecule has 1 unspecified atom stereocenters. The molecule has 0 saturated heterocycles. The van der Waals surface area contributed by atoms with Crippen LogP contribution in [0.5, 0.6) is 0 Å². The Balaban J connectivity index is 0.00000261. The Bertz CT molecular complexity index is 805. The Morgan fingerprint density at radius 3 is 2.63 bits per heavy atom. The number of halogens is 1. The van der Waals surface area contributed by atoms with Gasteiger partial charge in [-0.05, 0) is 20.3 Å². The zero-order chi connectivity index (χ0) is 18.8. The molecule has 1 aliphatic heterocycles. The van der Waals surface area contributed by atoms with Crippen LogP contribution in [0, 0.1) is 13.8 Å². The van der Waals surface area contributed by atoms with E-state index in [1.807, 2.05) is 23.3 Å². The van der Waals surface area contributed by atoms with Gasteiger partial charge < -0.3 is 10.6 Å². The highest BCUT2D eigenvalue weighted by Crippen LogP contribution is 2.17. The zero-order valence-electron chi connectivity index (χ0n) is 17.1. The molecular weight excluding hydrogens is 455 g/mol. The van der Waals surface area contributed by atoms with Gasteiger partial charge >= 0.3 is 0 Å². The second-order valence-corrected chi connectivity index (χ2v) is 7.30. The van der Waals surface area contributed by atoms with Crippen LogP contribution in [-0.2, 0) is 26.6 Å². The van der Waals surface area contributed by atoms with Gasteiger partial charge in [0.25, 0.3) is 0 Å². The number of nitrogens with one attached hydrogen (secondary N) is 2. The van der Waals surface area contributed by atoms with E-state index in [4.69, 9.17) is 0 Å². The fourth-order valence-corrected chi connectivity index (χ4v) is 3.32. The van der Waals surface area contributed by atoms with Crippen LogP contribution in [0.4, 0.5) is 0 Å². The van der Waals surface area contributed by atoms with Gasteiger partial charge in [-0.2, -0.15) is 10.2 Å². The molecule has 2 aromatic rings. The van der Waals surface area contributed by atoms with Gasteiger partial charge in [-0.15, -0.1) is 24.0 Å². The van der Waals surface area contributed by atoms with Crippen LogP contribution in [0.2, 0.25) is 0 Å². The molecule has 0 spiro atoms. The topological polar surface area (TPSA) is 84.9 Å². The van der Waals surface area contributed by atoms with Crippen molar-refractivity contribution in [2.75, 3.05) is 7.05 Å². The van der Waals surface area contributed by atoms with E-state index >= 15 is 0 Å². The Hall–Kier alpha value is -1.65. The highest BCUT2D eigenvalue weighted by Gasteiger charge is 2.23. The van der Waals surface area contributed by atoms with E-state index in [0.29, 0.717) is 18.5 Å². The lowest BCUT2D eigenvalue weighted by atomic mass is 10.1. The number of aromatic nitrogens is 5. The molecule has 0 fully saturated rings. The lowest BCUT2D eigenvalue weighted by Crippen LogP contribution is -2.46. The molecule has 150 valence electrons. The van der Waals surface area contributed by atoms with E-state index in [-0.39, 0.29) is 24.0 Å². The molecule has 0 aliphatic carbocycles. The number of nitrogens with zero attached hydrogens (tertiary/aromatic N) is 6. The van der Waals surface area contributed by atoms with Crippen molar-refractivity contribution in [2.24, 2.45) is 12.0 Å². The minimum atomic E-state index is 0. The predicted octanol–water partition coefficient (Wildman–Crippen LogP) is 2.05. The molecule has 0 saturated carbocycles. The summed E-state index contributed by atoms with van der Waals surface area (Å²) in [7, 11) is 3.78. The maximum absolute atomic E-state index is 4.65. The normalized spacial score (nSPS) is 16.9. The Morgan fingerprint density at radius 2 is 2.04 bits per heavy atom. The van der Waals surface area contributed by atoms with Crippen molar-refractivity contribution in [3.8, 4) is 0 Å². The number of hydrogen-bond donors (Lipinski definition) is 2. The predicted molar refractivity (Wildman–Crippen MR) is 118 cm³/mol. The first kappa shape index (κ1) is 21.6. The number of aryl methyl sites for hydroxylation is 3. The van der Waals surface area contributed by atoms with E-state index in [0.717, 1.165) is 42.7 Å². The van der Waals surface area contributed by atoms with Crippen molar-refractivity contribution in [1.82, 2.24) is 35.2 Å². The molecule has 2 N–H and O–H groups in total. The molecule has 0 bridgehead atoms. The summed E-state index contributed by atoms with van der Waals surface area (Å²) in [5.74, 6) is 3.20. The monoisotopic (exact) mass is 486 g/mol. The summed E-state index contributed by atoms with van der Waals surface area (Å²) in [6, 6.07) is 0.298. The summed E-state index contributed by atoms with van der Waals surface area (Å²) in [6.45, 7) is 9.92. The molecule has 9 heteroatoms. The summed E-state index contributed by atoms with van der Waals surface area (Å²) in [4.78, 5) is 9.03. The molecule has 3 heterocycles. The average Bonchev–Trinajstić information content (AvgIpc) is 3.13. The van der Waals surface area contributed by atoms with Gasteiger partial charge in [-0.25, -0.2) is 9.67 Å². The molecule has 8 nitrogen and oxygen atoms in total. The van der Waals surface area contributed by atoms with Gasteiger partial charge in [0.15, 0.2) is 11.8 Å². The third-order valence-corrected chi connectivity index (χ3v) is 5.05. The summed E-state index contributed by atoms with van der Waals surface area (Å²) >= 11 is 0. The zero-order valence-corrected chi connectivity index (χ0v) is 19.4.